The molecular weight excluding hydrogens is 373 g/mol. The molecule has 1 amide bonds. The molecule has 0 saturated heterocycles. The number of carbonyl (C=O) groups is 1. The fourth-order valence-corrected chi connectivity index (χ4v) is 3.11. The molecule has 1 aromatic carbocycles. The number of hydrazine groups is 1. The first kappa shape index (κ1) is 18.3. The molecule has 0 atom stereocenters. The van der Waals surface area contributed by atoms with Crippen molar-refractivity contribution < 1.29 is 30.8 Å². The Morgan fingerprint density at radius 2 is 1.92 bits per heavy atom. The van der Waals surface area contributed by atoms with Crippen LogP contribution < -0.4 is 10.3 Å². The number of hydrogen-bond acceptors (Lipinski definition) is 4. The summed E-state index contributed by atoms with van der Waals surface area (Å²) in [6.45, 7) is 1.48. The summed E-state index contributed by atoms with van der Waals surface area (Å²) >= 11 is 5.66. The molecule has 130 valence electrons. The van der Waals surface area contributed by atoms with E-state index in [4.69, 9.17) is 16.0 Å². The van der Waals surface area contributed by atoms with Crippen LogP contribution in [0.5, 0.6) is 0 Å². The van der Waals surface area contributed by atoms with Crippen LogP contribution in [0.4, 0.5) is 13.2 Å². The molecule has 0 saturated carbocycles. The summed E-state index contributed by atoms with van der Waals surface area (Å²) in [5.41, 5.74) is 0.746. The van der Waals surface area contributed by atoms with Gasteiger partial charge in [-0.05, 0) is 31.2 Å². The summed E-state index contributed by atoms with van der Waals surface area (Å²) in [6.07, 6.45) is -3.52. The molecule has 2 rings (SSSR count). The van der Waals surface area contributed by atoms with Gasteiger partial charge in [0.1, 0.15) is 10.7 Å². The predicted octanol–water partition coefficient (Wildman–Crippen LogP) is 2.88. The quantitative estimate of drug-likeness (QED) is 0.796. The minimum Gasteiger partial charge on any atom is -0.469 e. The molecule has 0 unspecified atom stereocenters. The van der Waals surface area contributed by atoms with Gasteiger partial charge in [-0.1, -0.05) is 11.6 Å². The number of amides is 1. The molecule has 0 aliphatic heterocycles. The van der Waals surface area contributed by atoms with E-state index in [1.807, 2.05) is 5.43 Å². The number of aryl methyl sites for hydroxylation is 1. The van der Waals surface area contributed by atoms with Crippen LogP contribution in [0.3, 0.4) is 0 Å². The van der Waals surface area contributed by atoms with E-state index in [0.717, 1.165) is 6.07 Å². The number of hydrogen-bond donors (Lipinski definition) is 2. The Morgan fingerprint density at radius 1 is 1.25 bits per heavy atom. The van der Waals surface area contributed by atoms with E-state index in [1.54, 1.807) is 4.83 Å². The lowest BCUT2D eigenvalue weighted by atomic mass is 10.2. The van der Waals surface area contributed by atoms with Gasteiger partial charge in [0.15, 0.2) is 0 Å². The summed E-state index contributed by atoms with van der Waals surface area (Å²) in [4.78, 5) is 12.7. The van der Waals surface area contributed by atoms with Crippen LogP contribution in [0, 0.1) is 6.92 Å². The molecule has 2 N–H and O–H groups in total. The Labute approximate surface area is 139 Å². The summed E-state index contributed by atoms with van der Waals surface area (Å²) in [7, 11) is -4.52. The Kier molecular flexibility index (Phi) is 4.92. The lowest BCUT2D eigenvalue weighted by Crippen LogP contribution is -2.41. The van der Waals surface area contributed by atoms with Crippen LogP contribution in [0.2, 0.25) is 5.02 Å². The van der Waals surface area contributed by atoms with Gasteiger partial charge in [0.2, 0.25) is 0 Å². The number of nitrogens with one attached hydrogen (secondary N) is 2. The smallest absolute Gasteiger partial charge is 0.416 e. The Balaban J connectivity index is 2.25. The van der Waals surface area contributed by atoms with Gasteiger partial charge in [0, 0.05) is 0 Å². The highest BCUT2D eigenvalue weighted by atomic mass is 35.5. The maximum atomic E-state index is 12.7. The van der Waals surface area contributed by atoms with Crippen LogP contribution in [0.15, 0.2) is 39.8 Å². The predicted molar refractivity (Wildman–Crippen MR) is 77.7 cm³/mol. The van der Waals surface area contributed by atoms with Crippen molar-refractivity contribution in [2.45, 2.75) is 18.0 Å². The van der Waals surface area contributed by atoms with E-state index in [-0.39, 0.29) is 11.3 Å². The van der Waals surface area contributed by atoms with E-state index >= 15 is 0 Å². The van der Waals surface area contributed by atoms with Crippen molar-refractivity contribution in [1.82, 2.24) is 10.3 Å². The zero-order chi connectivity index (χ0) is 18.1. The summed E-state index contributed by atoms with van der Waals surface area (Å²) in [5, 5.41) is -0.427. The maximum Gasteiger partial charge on any atom is 0.416 e. The number of rotatable bonds is 4. The second kappa shape index (κ2) is 6.46. The fraction of sp³-hybridized carbons (Fsp3) is 0.154. The lowest BCUT2D eigenvalue weighted by molar-refractivity contribution is -0.137. The third-order valence-electron chi connectivity index (χ3n) is 2.95. The van der Waals surface area contributed by atoms with Crippen molar-refractivity contribution in [2.75, 3.05) is 0 Å². The molecular formula is C13H10ClF3N2O4S. The minimum atomic E-state index is -4.74. The lowest BCUT2D eigenvalue weighted by Gasteiger charge is -2.12. The first-order valence-corrected chi connectivity index (χ1v) is 8.11. The van der Waals surface area contributed by atoms with Crippen LogP contribution in [-0.4, -0.2) is 14.3 Å². The van der Waals surface area contributed by atoms with E-state index in [1.165, 1.54) is 19.3 Å². The van der Waals surface area contributed by atoms with E-state index < -0.39 is 37.6 Å². The number of benzene rings is 1. The molecule has 1 heterocycles. The molecule has 24 heavy (non-hydrogen) atoms. The van der Waals surface area contributed by atoms with E-state index in [2.05, 4.69) is 0 Å². The van der Waals surface area contributed by atoms with Crippen molar-refractivity contribution in [3.63, 3.8) is 0 Å². The number of sulfonamides is 1. The molecule has 0 aliphatic carbocycles. The standard InChI is InChI=1S/C13H10ClF3N2O4S/c1-7-9(4-5-23-7)12(20)18-19-24(21,22)11-6-8(13(15,16)17)2-3-10(11)14/h2-6,19H,1H3,(H,18,20). The summed E-state index contributed by atoms with van der Waals surface area (Å²) in [5.74, 6) is -0.600. The van der Waals surface area contributed by atoms with Crippen molar-refractivity contribution in [3.8, 4) is 0 Å². The zero-order valence-electron chi connectivity index (χ0n) is 11.9. The van der Waals surface area contributed by atoms with Crippen LogP contribution in [0.25, 0.3) is 0 Å². The average molecular weight is 383 g/mol. The highest BCUT2D eigenvalue weighted by molar-refractivity contribution is 7.89. The summed E-state index contributed by atoms with van der Waals surface area (Å²) in [6, 6.07) is 3.13. The molecule has 6 nitrogen and oxygen atoms in total. The molecule has 11 heteroatoms. The van der Waals surface area contributed by atoms with E-state index in [0.29, 0.717) is 12.1 Å². The van der Waals surface area contributed by atoms with Gasteiger partial charge in [0.25, 0.3) is 15.9 Å². The maximum absolute atomic E-state index is 12.7. The Bertz CT molecular complexity index is 878. The highest BCUT2D eigenvalue weighted by Crippen LogP contribution is 2.33. The molecule has 0 radical (unpaired) electrons. The second-order valence-corrected chi connectivity index (χ2v) is 6.65. The van der Waals surface area contributed by atoms with Crippen LogP contribution >= 0.6 is 11.6 Å². The molecule has 0 fully saturated rings. The number of furan rings is 1. The first-order valence-electron chi connectivity index (χ1n) is 6.25. The Morgan fingerprint density at radius 3 is 2.46 bits per heavy atom. The van der Waals surface area contributed by atoms with Gasteiger partial charge in [-0.2, -0.15) is 13.2 Å². The van der Waals surface area contributed by atoms with Gasteiger partial charge in [-0.3, -0.25) is 10.2 Å². The van der Waals surface area contributed by atoms with Gasteiger partial charge >= 0.3 is 6.18 Å². The SMILES string of the molecule is Cc1occc1C(=O)NNS(=O)(=O)c1cc(C(F)(F)F)ccc1Cl. The number of halogens is 4. The highest BCUT2D eigenvalue weighted by Gasteiger charge is 2.33. The zero-order valence-corrected chi connectivity index (χ0v) is 13.5. The van der Waals surface area contributed by atoms with Gasteiger partial charge in [-0.15, -0.1) is 4.83 Å². The average Bonchev–Trinajstić information content (AvgIpc) is 2.90. The van der Waals surface area contributed by atoms with Crippen molar-refractivity contribution in [2.24, 2.45) is 0 Å². The first-order chi connectivity index (χ1) is 11.0. The third kappa shape index (κ3) is 3.89. The monoisotopic (exact) mass is 382 g/mol. The van der Waals surface area contributed by atoms with Crippen LogP contribution in [-0.2, 0) is 16.2 Å². The molecule has 0 bridgehead atoms. The van der Waals surface area contributed by atoms with Gasteiger partial charge < -0.3 is 4.42 Å². The largest absolute Gasteiger partial charge is 0.469 e. The molecule has 0 spiro atoms. The van der Waals surface area contributed by atoms with Crippen molar-refractivity contribution in [3.05, 3.63) is 52.4 Å². The summed E-state index contributed by atoms with van der Waals surface area (Å²) < 4.78 is 67.2. The molecule has 2 aromatic rings. The normalized spacial score (nSPS) is 12.2. The van der Waals surface area contributed by atoms with Crippen molar-refractivity contribution in [1.29, 1.82) is 0 Å². The van der Waals surface area contributed by atoms with Crippen LogP contribution in [0.1, 0.15) is 21.7 Å². The second-order valence-electron chi connectivity index (χ2n) is 4.59. The molecule has 0 aliphatic rings. The topological polar surface area (TPSA) is 88.4 Å². The van der Waals surface area contributed by atoms with Gasteiger partial charge in [0.05, 0.1) is 22.4 Å². The minimum absolute atomic E-state index is 0.0628. The number of alkyl halides is 3. The van der Waals surface area contributed by atoms with Crippen molar-refractivity contribution >= 4 is 27.5 Å². The van der Waals surface area contributed by atoms with E-state index in [9.17, 15) is 26.4 Å². The number of carbonyl (C=O) groups excluding carboxylic acids is 1. The molecule has 1 aromatic heterocycles. The fourth-order valence-electron chi connectivity index (χ4n) is 1.74. The van der Waals surface area contributed by atoms with Gasteiger partial charge in [-0.25, -0.2) is 8.42 Å². The Hall–Kier alpha value is -2.04. The third-order valence-corrected chi connectivity index (χ3v) is 4.68.